The monoisotopic (exact) mass is 310 g/mol. The second-order valence-electron chi connectivity index (χ2n) is 6.88. The van der Waals surface area contributed by atoms with Crippen molar-refractivity contribution in [2.75, 3.05) is 0 Å². The molecule has 0 N–H and O–H groups in total. The number of thioether (sulfide) groups is 1. The van der Waals surface area contributed by atoms with E-state index in [1.54, 1.807) is 5.56 Å². The molecule has 0 aliphatic heterocycles. The van der Waals surface area contributed by atoms with E-state index in [1.165, 1.54) is 42.6 Å². The SMILES string of the molecule is CC(C)(Sc1ccc(C2CCCCC2)cc1)c1ccccc1. The lowest BCUT2D eigenvalue weighted by atomic mass is 9.84. The Kier molecular flexibility index (Phi) is 4.93. The molecule has 0 bridgehead atoms. The van der Waals surface area contributed by atoms with Gasteiger partial charge in [-0.1, -0.05) is 61.7 Å². The Morgan fingerprint density at radius 2 is 1.45 bits per heavy atom. The molecular weight excluding hydrogens is 284 g/mol. The van der Waals surface area contributed by atoms with Gasteiger partial charge < -0.3 is 0 Å². The molecule has 2 aromatic carbocycles. The van der Waals surface area contributed by atoms with Gasteiger partial charge in [-0.05, 0) is 55.9 Å². The van der Waals surface area contributed by atoms with E-state index in [1.807, 2.05) is 11.8 Å². The molecule has 1 aliphatic rings. The first-order valence-corrected chi connectivity index (χ1v) is 9.31. The van der Waals surface area contributed by atoms with Gasteiger partial charge in [-0.2, -0.15) is 0 Å². The largest absolute Gasteiger partial charge is 0.115 e. The zero-order valence-electron chi connectivity index (χ0n) is 13.7. The van der Waals surface area contributed by atoms with Crippen LogP contribution in [0.25, 0.3) is 0 Å². The molecule has 0 unspecified atom stereocenters. The Morgan fingerprint density at radius 1 is 0.818 bits per heavy atom. The van der Waals surface area contributed by atoms with Gasteiger partial charge in [0.15, 0.2) is 0 Å². The summed E-state index contributed by atoms with van der Waals surface area (Å²) in [5.41, 5.74) is 2.93. The molecule has 0 aromatic heterocycles. The van der Waals surface area contributed by atoms with Crippen LogP contribution in [-0.2, 0) is 4.75 Å². The molecule has 1 saturated carbocycles. The predicted octanol–water partition coefficient (Wildman–Crippen LogP) is 6.76. The highest BCUT2D eigenvalue weighted by Gasteiger charge is 2.22. The first-order valence-electron chi connectivity index (χ1n) is 8.50. The first-order chi connectivity index (χ1) is 10.6. The van der Waals surface area contributed by atoms with Gasteiger partial charge in [0.25, 0.3) is 0 Å². The van der Waals surface area contributed by atoms with Gasteiger partial charge in [0.1, 0.15) is 0 Å². The third-order valence-corrected chi connectivity index (χ3v) is 6.05. The first kappa shape index (κ1) is 15.7. The van der Waals surface area contributed by atoms with Crippen LogP contribution >= 0.6 is 11.8 Å². The van der Waals surface area contributed by atoms with Gasteiger partial charge in [-0.3, -0.25) is 0 Å². The van der Waals surface area contributed by atoms with Crippen molar-refractivity contribution < 1.29 is 0 Å². The molecule has 0 atom stereocenters. The normalized spacial score (nSPS) is 16.6. The molecule has 0 amide bonds. The summed E-state index contributed by atoms with van der Waals surface area (Å²) in [6.45, 7) is 4.62. The van der Waals surface area contributed by atoms with Crippen molar-refractivity contribution in [3.63, 3.8) is 0 Å². The highest BCUT2D eigenvalue weighted by molar-refractivity contribution is 8.00. The van der Waals surface area contributed by atoms with Crippen molar-refractivity contribution in [2.45, 2.75) is 61.5 Å². The van der Waals surface area contributed by atoms with Crippen LogP contribution in [0.5, 0.6) is 0 Å². The standard InChI is InChI=1S/C21H26S/c1-21(2,19-11-7-4-8-12-19)22-20-15-13-18(14-16-20)17-9-5-3-6-10-17/h4,7-8,11-17H,3,5-6,9-10H2,1-2H3. The summed E-state index contributed by atoms with van der Waals surface area (Å²) < 4.78 is 0.105. The maximum atomic E-state index is 2.36. The Bertz CT molecular complexity index is 577. The molecule has 116 valence electrons. The zero-order valence-corrected chi connectivity index (χ0v) is 14.5. The van der Waals surface area contributed by atoms with Crippen molar-refractivity contribution >= 4 is 11.8 Å². The molecule has 0 spiro atoms. The van der Waals surface area contributed by atoms with Gasteiger partial charge in [0.2, 0.25) is 0 Å². The van der Waals surface area contributed by atoms with Crippen LogP contribution in [0.2, 0.25) is 0 Å². The average molecular weight is 311 g/mol. The van der Waals surface area contributed by atoms with Gasteiger partial charge in [-0.15, -0.1) is 11.8 Å². The summed E-state index contributed by atoms with van der Waals surface area (Å²) >= 11 is 1.95. The van der Waals surface area contributed by atoms with E-state index in [2.05, 4.69) is 68.4 Å². The van der Waals surface area contributed by atoms with Crippen LogP contribution in [-0.4, -0.2) is 0 Å². The minimum absolute atomic E-state index is 0.105. The number of hydrogen-bond acceptors (Lipinski definition) is 1. The van der Waals surface area contributed by atoms with E-state index in [9.17, 15) is 0 Å². The lowest BCUT2D eigenvalue weighted by Gasteiger charge is -2.25. The number of hydrogen-bond donors (Lipinski definition) is 0. The molecule has 0 heterocycles. The molecular formula is C21H26S. The fourth-order valence-corrected chi connectivity index (χ4v) is 4.55. The highest BCUT2D eigenvalue weighted by atomic mass is 32.2. The van der Waals surface area contributed by atoms with Crippen LogP contribution in [0.3, 0.4) is 0 Å². The molecule has 1 aliphatic carbocycles. The summed E-state index contributed by atoms with van der Waals surface area (Å²) in [6.07, 6.45) is 6.99. The minimum atomic E-state index is 0.105. The minimum Gasteiger partial charge on any atom is -0.115 e. The summed E-state index contributed by atoms with van der Waals surface area (Å²) in [5, 5.41) is 0. The van der Waals surface area contributed by atoms with Crippen molar-refractivity contribution in [2.24, 2.45) is 0 Å². The fourth-order valence-electron chi connectivity index (χ4n) is 3.44. The van der Waals surface area contributed by atoms with Gasteiger partial charge in [0.05, 0.1) is 0 Å². The molecule has 0 saturated heterocycles. The van der Waals surface area contributed by atoms with E-state index >= 15 is 0 Å². The molecule has 1 fully saturated rings. The third kappa shape index (κ3) is 3.76. The highest BCUT2D eigenvalue weighted by Crippen LogP contribution is 2.41. The quantitative estimate of drug-likeness (QED) is 0.562. The second-order valence-corrected chi connectivity index (χ2v) is 8.58. The second kappa shape index (κ2) is 6.91. The molecule has 2 aromatic rings. The van der Waals surface area contributed by atoms with Gasteiger partial charge in [-0.25, -0.2) is 0 Å². The predicted molar refractivity (Wildman–Crippen MR) is 97.6 cm³/mol. The van der Waals surface area contributed by atoms with Crippen LogP contribution in [0.15, 0.2) is 59.5 Å². The fraction of sp³-hybridized carbons (Fsp3) is 0.429. The number of rotatable bonds is 4. The Hall–Kier alpha value is -1.21. The van der Waals surface area contributed by atoms with E-state index in [-0.39, 0.29) is 4.75 Å². The van der Waals surface area contributed by atoms with Crippen molar-refractivity contribution in [3.05, 3.63) is 65.7 Å². The van der Waals surface area contributed by atoms with Gasteiger partial charge in [0, 0.05) is 9.64 Å². The van der Waals surface area contributed by atoms with Crippen LogP contribution in [0, 0.1) is 0 Å². The summed E-state index contributed by atoms with van der Waals surface area (Å²) in [4.78, 5) is 1.37. The van der Waals surface area contributed by atoms with Crippen molar-refractivity contribution in [1.82, 2.24) is 0 Å². The molecule has 22 heavy (non-hydrogen) atoms. The van der Waals surface area contributed by atoms with Crippen molar-refractivity contribution in [3.8, 4) is 0 Å². The number of benzene rings is 2. The molecule has 1 heteroatoms. The zero-order chi connectivity index (χ0) is 15.4. The molecule has 0 nitrogen and oxygen atoms in total. The smallest absolute Gasteiger partial charge is 0.0399 e. The summed E-state index contributed by atoms with van der Waals surface area (Å²) in [5.74, 6) is 0.801. The third-order valence-electron chi connectivity index (χ3n) is 4.80. The topological polar surface area (TPSA) is 0 Å². The van der Waals surface area contributed by atoms with E-state index in [0.29, 0.717) is 0 Å². The summed E-state index contributed by atoms with van der Waals surface area (Å²) in [7, 11) is 0. The molecule has 3 rings (SSSR count). The van der Waals surface area contributed by atoms with Crippen LogP contribution < -0.4 is 0 Å². The van der Waals surface area contributed by atoms with Crippen molar-refractivity contribution in [1.29, 1.82) is 0 Å². The van der Waals surface area contributed by atoms with E-state index in [4.69, 9.17) is 0 Å². The molecule has 0 radical (unpaired) electrons. The van der Waals surface area contributed by atoms with Crippen LogP contribution in [0.1, 0.15) is 63.0 Å². The lowest BCUT2D eigenvalue weighted by molar-refractivity contribution is 0.443. The maximum absolute atomic E-state index is 2.36. The van der Waals surface area contributed by atoms with Gasteiger partial charge >= 0.3 is 0 Å². The van der Waals surface area contributed by atoms with E-state index < -0.39 is 0 Å². The van der Waals surface area contributed by atoms with E-state index in [0.717, 1.165) is 5.92 Å². The maximum Gasteiger partial charge on any atom is 0.0399 e. The Balaban J connectivity index is 1.70. The Morgan fingerprint density at radius 3 is 2.09 bits per heavy atom. The average Bonchev–Trinajstić information content (AvgIpc) is 2.57. The summed E-state index contributed by atoms with van der Waals surface area (Å²) in [6, 6.07) is 20.2. The Labute approximate surface area is 139 Å². The van der Waals surface area contributed by atoms with Crippen LogP contribution in [0.4, 0.5) is 0 Å². The lowest BCUT2D eigenvalue weighted by Crippen LogP contribution is -2.11.